The van der Waals surface area contributed by atoms with E-state index in [1.807, 2.05) is 43.5 Å². The van der Waals surface area contributed by atoms with Crippen molar-refractivity contribution in [2.75, 3.05) is 25.5 Å². The van der Waals surface area contributed by atoms with Gasteiger partial charge in [-0.1, -0.05) is 24.3 Å². The number of nitrogens with zero attached hydrogens (tertiary/aromatic N) is 1. The molecule has 0 aromatic heterocycles. The zero-order valence-electron chi connectivity index (χ0n) is 13.6. The van der Waals surface area contributed by atoms with Crippen molar-refractivity contribution in [2.24, 2.45) is 0 Å². The molecule has 23 heavy (non-hydrogen) atoms. The average molecular weight is 318 g/mol. The fraction of sp³-hybridized carbons (Fsp3) is 0.500. The number of carbonyl (C=O) groups excluding carboxylic acids is 1. The number of hydrogen-bond acceptors (Lipinski definition) is 4. The lowest BCUT2D eigenvalue weighted by molar-refractivity contribution is -0.153. The third-order valence-electron chi connectivity index (χ3n) is 4.05. The Kier molecular flexibility index (Phi) is 6.77. The van der Waals surface area contributed by atoms with E-state index in [-0.39, 0.29) is 12.0 Å². The summed E-state index contributed by atoms with van der Waals surface area (Å²) in [7, 11) is 2.03. The van der Waals surface area contributed by atoms with Crippen LogP contribution in [0.25, 0.3) is 0 Å². The van der Waals surface area contributed by atoms with Gasteiger partial charge in [0, 0.05) is 18.8 Å². The molecule has 1 aromatic rings. The van der Waals surface area contributed by atoms with Crippen molar-refractivity contribution in [2.45, 2.75) is 37.6 Å². The fourth-order valence-electron chi connectivity index (χ4n) is 2.73. The number of aliphatic hydroxyl groups excluding tert-OH is 1. The number of para-hydroxylation sites is 1. The molecule has 3 atom stereocenters. The minimum absolute atomic E-state index is 0.00260. The summed E-state index contributed by atoms with van der Waals surface area (Å²) >= 11 is 0. The molecule has 1 aliphatic heterocycles. The van der Waals surface area contributed by atoms with Crippen molar-refractivity contribution in [3.05, 3.63) is 43.0 Å². The third kappa shape index (κ3) is 5.46. The van der Waals surface area contributed by atoms with Crippen LogP contribution in [-0.2, 0) is 9.53 Å². The van der Waals surface area contributed by atoms with E-state index in [0.29, 0.717) is 12.1 Å². The number of hydrogen-bond donors (Lipinski definition) is 2. The van der Waals surface area contributed by atoms with Crippen LogP contribution in [0.2, 0.25) is 0 Å². The second kappa shape index (κ2) is 8.82. The summed E-state index contributed by atoms with van der Waals surface area (Å²) in [5, 5.41) is 12.9. The molecule has 2 N–H and O–H groups in total. The number of benzene rings is 1. The van der Waals surface area contributed by atoms with Crippen molar-refractivity contribution in [1.29, 1.82) is 0 Å². The first-order chi connectivity index (χ1) is 11.1. The van der Waals surface area contributed by atoms with Gasteiger partial charge in [-0.05, 0) is 38.4 Å². The van der Waals surface area contributed by atoms with E-state index < -0.39 is 12.2 Å². The summed E-state index contributed by atoms with van der Waals surface area (Å²) in [4.78, 5) is 14.5. The maximum Gasteiger partial charge on any atom is 0.256 e. The van der Waals surface area contributed by atoms with Crippen LogP contribution in [0, 0.1) is 0 Å². The predicted octanol–water partition coefficient (Wildman–Crippen LogP) is 2.04. The highest BCUT2D eigenvalue weighted by atomic mass is 16.5. The number of anilines is 1. The molecule has 0 aliphatic carbocycles. The van der Waals surface area contributed by atoms with Crippen molar-refractivity contribution in [3.8, 4) is 0 Å². The first-order valence-electron chi connectivity index (χ1n) is 8.09. The third-order valence-corrected chi connectivity index (χ3v) is 4.05. The van der Waals surface area contributed by atoms with Gasteiger partial charge in [-0.15, -0.1) is 6.58 Å². The molecule has 0 unspecified atom stereocenters. The van der Waals surface area contributed by atoms with Gasteiger partial charge < -0.3 is 20.1 Å². The molecule has 0 spiro atoms. The first kappa shape index (κ1) is 17.7. The molecule has 1 fully saturated rings. The zero-order chi connectivity index (χ0) is 16.7. The Hall–Kier alpha value is -1.69. The SMILES string of the molecule is C=CCN(C)CC[C@H]1CC[C@H](O)[C@@H](C(=O)Nc2ccccc2)O1. The van der Waals surface area contributed by atoms with Crippen LogP contribution in [0.15, 0.2) is 43.0 Å². The van der Waals surface area contributed by atoms with E-state index in [0.717, 1.165) is 25.9 Å². The standard InChI is InChI=1S/C18H26N2O3/c1-3-12-20(2)13-11-15-9-10-16(21)17(23-15)18(22)19-14-7-5-4-6-8-14/h3-8,15-17,21H,1,9-13H2,2H3,(H,19,22)/t15-,16+,17+/m1/s1. The van der Waals surface area contributed by atoms with Gasteiger partial charge in [0.2, 0.25) is 0 Å². The van der Waals surface area contributed by atoms with Gasteiger partial charge in [-0.2, -0.15) is 0 Å². The van der Waals surface area contributed by atoms with Crippen LogP contribution in [0.5, 0.6) is 0 Å². The molecule has 1 amide bonds. The Labute approximate surface area is 137 Å². The fourth-order valence-corrected chi connectivity index (χ4v) is 2.73. The number of rotatable bonds is 7. The van der Waals surface area contributed by atoms with Crippen molar-refractivity contribution in [1.82, 2.24) is 4.90 Å². The molecule has 2 rings (SSSR count). The summed E-state index contributed by atoms with van der Waals surface area (Å²) < 4.78 is 5.85. The van der Waals surface area contributed by atoms with Crippen molar-refractivity contribution < 1.29 is 14.6 Å². The predicted molar refractivity (Wildman–Crippen MR) is 91.3 cm³/mol. The zero-order valence-corrected chi connectivity index (χ0v) is 13.6. The van der Waals surface area contributed by atoms with Crippen molar-refractivity contribution in [3.63, 3.8) is 0 Å². The van der Waals surface area contributed by atoms with Crippen LogP contribution in [0.4, 0.5) is 5.69 Å². The molecule has 0 radical (unpaired) electrons. The van der Waals surface area contributed by atoms with Crippen LogP contribution >= 0.6 is 0 Å². The molecule has 0 bridgehead atoms. The molecule has 1 aromatic carbocycles. The normalized spacial score (nSPS) is 24.4. The summed E-state index contributed by atoms with van der Waals surface area (Å²) in [6, 6.07) is 9.22. The van der Waals surface area contributed by atoms with Gasteiger partial charge in [0.15, 0.2) is 6.10 Å². The van der Waals surface area contributed by atoms with Gasteiger partial charge in [0.05, 0.1) is 12.2 Å². The van der Waals surface area contributed by atoms with E-state index in [2.05, 4.69) is 16.8 Å². The number of aliphatic hydroxyl groups is 1. The van der Waals surface area contributed by atoms with Gasteiger partial charge in [0.25, 0.3) is 5.91 Å². The average Bonchev–Trinajstić information content (AvgIpc) is 2.55. The van der Waals surface area contributed by atoms with Gasteiger partial charge in [-0.3, -0.25) is 4.79 Å². The quantitative estimate of drug-likeness (QED) is 0.755. The van der Waals surface area contributed by atoms with Crippen LogP contribution in [0.1, 0.15) is 19.3 Å². The molecular formula is C18H26N2O3. The molecule has 1 heterocycles. The maximum absolute atomic E-state index is 12.3. The van der Waals surface area contributed by atoms with E-state index >= 15 is 0 Å². The van der Waals surface area contributed by atoms with Crippen LogP contribution < -0.4 is 5.32 Å². The Morgan fingerprint density at radius 2 is 2.17 bits per heavy atom. The number of nitrogens with one attached hydrogen (secondary N) is 1. The number of carbonyl (C=O) groups is 1. The highest BCUT2D eigenvalue weighted by Crippen LogP contribution is 2.23. The highest BCUT2D eigenvalue weighted by Gasteiger charge is 2.35. The minimum atomic E-state index is -0.807. The highest BCUT2D eigenvalue weighted by molar-refractivity contribution is 5.94. The van der Waals surface area contributed by atoms with E-state index in [9.17, 15) is 9.90 Å². The molecule has 5 heteroatoms. The van der Waals surface area contributed by atoms with E-state index in [4.69, 9.17) is 4.74 Å². The molecular weight excluding hydrogens is 292 g/mol. The smallest absolute Gasteiger partial charge is 0.256 e. The Morgan fingerprint density at radius 1 is 1.43 bits per heavy atom. The minimum Gasteiger partial charge on any atom is -0.390 e. The largest absolute Gasteiger partial charge is 0.390 e. The molecule has 1 aliphatic rings. The van der Waals surface area contributed by atoms with Gasteiger partial charge >= 0.3 is 0 Å². The summed E-state index contributed by atoms with van der Waals surface area (Å²) in [5.74, 6) is -0.284. The second-order valence-corrected chi connectivity index (χ2v) is 6.02. The Bertz CT molecular complexity index is 506. The lowest BCUT2D eigenvalue weighted by Gasteiger charge is -2.33. The Morgan fingerprint density at radius 3 is 2.87 bits per heavy atom. The van der Waals surface area contributed by atoms with Crippen LogP contribution in [0.3, 0.4) is 0 Å². The molecule has 0 saturated carbocycles. The maximum atomic E-state index is 12.3. The van der Waals surface area contributed by atoms with Gasteiger partial charge in [0.1, 0.15) is 0 Å². The van der Waals surface area contributed by atoms with Gasteiger partial charge in [-0.25, -0.2) is 0 Å². The molecule has 126 valence electrons. The monoisotopic (exact) mass is 318 g/mol. The number of ether oxygens (including phenoxy) is 1. The summed E-state index contributed by atoms with van der Waals surface area (Å²) in [6.45, 7) is 5.42. The van der Waals surface area contributed by atoms with Crippen LogP contribution in [-0.4, -0.2) is 54.4 Å². The summed E-state index contributed by atoms with van der Waals surface area (Å²) in [6.07, 6.45) is 2.51. The second-order valence-electron chi connectivity index (χ2n) is 6.02. The van der Waals surface area contributed by atoms with E-state index in [1.54, 1.807) is 0 Å². The Balaban J connectivity index is 1.87. The lowest BCUT2D eigenvalue weighted by atomic mass is 9.98. The summed E-state index contributed by atoms with van der Waals surface area (Å²) in [5.41, 5.74) is 0.709. The first-order valence-corrected chi connectivity index (χ1v) is 8.09. The number of amides is 1. The number of likely N-dealkylation sites (N-methyl/N-ethyl adjacent to an activating group) is 1. The lowest BCUT2D eigenvalue weighted by Crippen LogP contribution is -2.47. The topological polar surface area (TPSA) is 61.8 Å². The molecule has 1 saturated heterocycles. The van der Waals surface area contributed by atoms with E-state index in [1.165, 1.54) is 0 Å². The van der Waals surface area contributed by atoms with Crippen molar-refractivity contribution >= 4 is 11.6 Å². The molecule has 5 nitrogen and oxygen atoms in total.